The second-order valence-electron chi connectivity index (χ2n) is 4.33. The highest BCUT2D eigenvalue weighted by molar-refractivity contribution is 7.08. The fourth-order valence-corrected chi connectivity index (χ4v) is 2.39. The highest BCUT2D eigenvalue weighted by Crippen LogP contribution is 2.14. The number of benzene rings is 1. The number of hydrogen-bond donors (Lipinski definition) is 1. The Hall–Kier alpha value is -2.38. The fourth-order valence-electron chi connectivity index (χ4n) is 1.77. The number of nitrogens with one attached hydrogen (secondary N) is 1. The summed E-state index contributed by atoms with van der Waals surface area (Å²) in [5.74, 6) is -0.352. The van der Waals surface area contributed by atoms with Crippen molar-refractivity contribution in [3.63, 3.8) is 0 Å². The zero-order valence-electron chi connectivity index (χ0n) is 11.0. The molecule has 4 heteroatoms. The lowest BCUT2D eigenvalue weighted by Crippen LogP contribution is -2.27. The van der Waals surface area contributed by atoms with Crippen molar-refractivity contribution in [1.29, 1.82) is 5.26 Å². The van der Waals surface area contributed by atoms with Crippen LogP contribution >= 0.6 is 11.3 Å². The van der Waals surface area contributed by atoms with E-state index in [2.05, 4.69) is 5.32 Å². The molecule has 0 aliphatic rings. The Bertz CT molecular complexity index is 639. The maximum absolute atomic E-state index is 12.1. The lowest BCUT2D eigenvalue weighted by atomic mass is 10.1. The van der Waals surface area contributed by atoms with Crippen LogP contribution in [0.3, 0.4) is 0 Å². The van der Waals surface area contributed by atoms with Crippen molar-refractivity contribution in [2.75, 3.05) is 0 Å². The Morgan fingerprint density at radius 3 is 2.70 bits per heavy atom. The molecule has 0 spiro atoms. The summed E-state index contributed by atoms with van der Waals surface area (Å²) in [5.41, 5.74) is 1.99. The number of rotatable bonds is 4. The van der Waals surface area contributed by atoms with Gasteiger partial charge in [0.15, 0.2) is 0 Å². The van der Waals surface area contributed by atoms with Crippen molar-refractivity contribution < 1.29 is 4.79 Å². The second kappa shape index (κ2) is 6.69. The van der Waals surface area contributed by atoms with Crippen LogP contribution in [0.2, 0.25) is 0 Å². The van der Waals surface area contributed by atoms with Gasteiger partial charge in [0, 0.05) is 0 Å². The molecule has 100 valence electrons. The monoisotopic (exact) mass is 282 g/mol. The molecule has 0 bridgehead atoms. The van der Waals surface area contributed by atoms with Crippen LogP contribution in [0.25, 0.3) is 6.08 Å². The fraction of sp³-hybridized carbons (Fsp3) is 0.125. The van der Waals surface area contributed by atoms with Gasteiger partial charge in [0.25, 0.3) is 5.91 Å². The molecular formula is C16H14N2OS. The van der Waals surface area contributed by atoms with E-state index in [0.717, 1.165) is 11.1 Å². The third-order valence-corrected chi connectivity index (χ3v) is 3.57. The van der Waals surface area contributed by atoms with Crippen LogP contribution in [0.4, 0.5) is 0 Å². The van der Waals surface area contributed by atoms with Gasteiger partial charge in [0.1, 0.15) is 11.6 Å². The van der Waals surface area contributed by atoms with E-state index in [9.17, 15) is 4.79 Å². The molecule has 0 saturated carbocycles. The molecule has 0 saturated heterocycles. The van der Waals surface area contributed by atoms with Gasteiger partial charge >= 0.3 is 0 Å². The van der Waals surface area contributed by atoms with Crippen molar-refractivity contribution in [3.05, 3.63) is 63.9 Å². The van der Waals surface area contributed by atoms with Gasteiger partial charge in [-0.2, -0.15) is 16.6 Å². The van der Waals surface area contributed by atoms with E-state index in [1.807, 2.05) is 60.2 Å². The van der Waals surface area contributed by atoms with Crippen molar-refractivity contribution in [2.24, 2.45) is 0 Å². The van der Waals surface area contributed by atoms with Crippen LogP contribution in [-0.4, -0.2) is 5.91 Å². The van der Waals surface area contributed by atoms with E-state index in [-0.39, 0.29) is 17.5 Å². The average Bonchev–Trinajstić information content (AvgIpc) is 2.98. The summed E-state index contributed by atoms with van der Waals surface area (Å²) < 4.78 is 0. The molecule has 0 radical (unpaired) electrons. The lowest BCUT2D eigenvalue weighted by Gasteiger charge is -2.13. The average molecular weight is 282 g/mol. The number of carbonyl (C=O) groups excluding carboxylic acids is 1. The number of amides is 1. The molecule has 1 heterocycles. The summed E-state index contributed by atoms with van der Waals surface area (Å²) in [7, 11) is 0. The molecule has 1 N–H and O–H groups in total. The van der Waals surface area contributed by atoms with E-state index in [0.29, 0.717) is 0 Å². The van der Waals surface area contributed by atoms with Crippen LogP contribution in [0, 0.1) is 11.3 Å². The Labute approximate surface area is 122 Å². The quantitative estimate of drug-likeness (QED) is 0.689. The number of nitrogens with zero attached hydrogens (tertiary/aromatic N) is 1. The van der Waals surface area contributed by atoms with Gasteiger partial charge in [-0.3, -0.25) is 4.79 Å². The van der Waals surface area contributed by atoms with E-state index in [4.69, 9.17) is 5.26 Å². The Balaban J connectivity index is 2.09. The van der Waals surface area contributed by atoms with Crippen molar-refractivity contribution in [3.8, 4) is 6.07 Å². The first-order valence-electron chi connectivity index (χ1n) is 6.20. The van der Waals surface area contributed by atoms with Gasteiger partial charge in [0.2, 0.25) is 0 Å². The smallest absolute Gasteiger partial charge is 0.262 e. The Morgan fingerprint density at radius 2 is 2.10 bits per heavy atom. The minimum atomic E-state index is -0.352. The standard InChI is InChI=1S/C16H14N2OS/c1-12(14-5-3-2-4-6-14)18-16(19)15(10-17)9-13-7-8-20-11-13/h2-9,11-12H,1H3,(H,18,19)/b15-9+/t12-/m1/s1. The highest BCUT2D eigenvalue weighted by atomic mass is 32.1. The molecular weight excluding hydrogens is 268 g/mol. The first kappa shape index (κ1) is 14.0. The molecule has 0 aliphatic carbocycles. The second-order valence-corrected chi connectivity index (χ2v) is 5.11. The minimum Gasteiger partial charge on any atom is -0.345 e. The van der Waals surface area contributed by atoms with E-state index < -0.39 is 0 Å². The van der Waals surface area contributed by atoms with Crippen LogP contribution in [0.15, 0.2) is 52.7 Å². The zero-order valence-corrected chi connectivity index (χ0v) is 11.9. The number of nitriles is 1. The largest absolute Gasteiger partial charge is 0.345 e. The molecule has 2 rings (SSSR count). The summed E-state index contributed by atoms with van der Waals surface area (Å²) in [5, 5.41) is 15.7. The molecule has 2 aromatic rings. The predicted molar refractivity (Wildman–Crippen MR) is 80.9 cm³/mol. The summed E-state index contributed by atoms with van der Waals surface area (Å²) >= 11 is 1.53. The summed E-state index contributed by atoms with van der Waals surface area (Å²) in [4.78, 5) is 12.1. The summed E-state index contributed by atoms with van der Waals surface area (Å²) in [6.45, 7) is 1.90. The maximum atomic E-state index is 12.1. The van der Waals surface area contributed by atoms with E-state index in [1.54, 1.807) is 6.08 Å². The van der Waals surface area contributed by atoms with Gasteiger partial charge in [-0.25, -0.2) is 0 Å². The molecule has 1 atom stereocenters. The topological polar surface area (TPSA) is 52.9 Å². The maximum Gasteiger partial charge on any atom is 0.262 e. The molecule has 0 aliphatic heterocycles. The molecule has 1 aromatic carbocycles. The van der Waals surface area contributed by atoms with Crippen molar-refractivity contribution in [1.82, 2.24) is 5.32 Å². The predicted octanol–water partition coefficient (Wildman–Crippen LogP) is 3.53. The molecule has 0 fully saturated rings. The Kier molecular flexibility index (Phi) is 4.70. The molecule has 0 unspecified atom stereocenters. The van der Waals surface area contributed by atoms with Gasteiger partial charge in [-0.1, -0.05) is 30.3 Å². The van der Waals surface area contributed by atoms with Crippen molar-refractivity contribution in [2.45, 2.75) is 13.0 Å². The first-order valence-corrected chi connectivity index (χ1v) is 7.15. The third-order valence-electron chi connectivity index (χ3n) is 2.87. The summed E-state index contributed by atoms with van der Waals surface area (Å²) in [6, 6.07) is 13.3. The third kappa shape index (κ3) is 3.56. The number of hydrogen-bond acceptors (Lipinski definition) is 3. The molecule has 1 amide bonds. The van der Waals surface area contributed by atoms with E-state index in [1.165, 1.54) is 11.3 Å². The minimum absolute atomic E-state index is 0.117. The van der Waals surface area contributed by atoms with Crippen LogP contribution in [-0.2, 0) is 4.79 Å². The highest BCUT2D eigenvalue weighted by Gasteiger charge is 2.13. The molecule has 1 aromatic heterocycles. The van der Waals surface area contributed by atoms with Gasteiger partial charge < -0.3 is 5.32 Å². The SMILES string of the molecule is C[C@@H](NC(=O)/C(C#N)=C/c1ccsc1)c1ccccc1. The molecule has 3 nitrogen and oxygen atoms in total. The van der Waals surface area contributed by atoms with Gasteiger partial charge in [-0.15, -0.1) is 0 Å². The van der Waals surface area contributed by atoms with Crippen molar-refractivity contribution >= 4 is 23.3 Å². The normalized spacial score (nSPS) is 12.5. The van der Waals surface area contributed by atoms with E-state index >= 15 is 0 Å². The number of carbonyl (C=O) groups is 1. The van der Waals surface area contributed by atoms with Gasteiger partial charge in [0.05, 0.1) is 6.04 Å². The lowest BCUT2D eigenvalue weighted by molar-refractivity contribution is -0.117. The summed E-state index contributed by atoms with van der Waals surface area (Å²) in [6.07, 6.45) is 1.60. The van der Waals surface area contributed by atoms with Gasteiger partial charge in [-0.05, 0) is 41.0 Å². The first-order chi connectivity index (χ1) is 9.70. The van der Waals surface area contributed by atoms with Crippen LogP contribution < -0.4 is 5.32 Å². The Morgan fingerprint density at radius 1 is 1.35 bits per heavy atom. The molecule has 20 heavy (non-hydrogen) atoms. The zero-order chi connectivity index (χ0) is 14.4. The van der Waals surface area contributed by atoms with Crippen LogP contribution in [0.5, 0.6) is 0 Å². The number of thiophene rings is 1. The van der Waals surface area contributed by atoms with Crippen LogP contribution in [0.1, 0.15) is 24.1 Å².